The molecule has 0 bridgehead atoms. The molecule has 6 heterocycles. The molecule has 4 saturated heterocycles. The smallest absolute Gasteiger partial charge is 0.262 e. The fourth-order valence-electron chi connectivity index (χ4n) is 9.60. The highest BCUT2D eigenvalue weighted by molar-refractivity contribution is 6.36. The number of piperidine rings is 3. The van der Waals surface area contributed by atoms with Gasteiger partial charge < -0.3 is 19.7 Å². The minimum Gasteiger partial charge on any atom is -0.372 e. The van der Waals surface area contributed by atoms with Crippen molar-refractivity contribution in [1.29, 1.82) is 5.26 Å². The first-order valence-corrected chi connectivity index (χ1v) is 20.4. The van der Waals surface area contributed by atoms with Crippen molar-refractivity contribution >= 4 is 63.2 Å². The van der Waals surface area contributed by atoms with Crippen LogP contribution in [0.3, 0.4) is 0 Å². The van der Waals surface area contributed by atoms with Gasteiger partial charge in [0.15, 0.2) is 0 Å². The predicted octanol–water partition coefficient (Wildman–Crippen LogP) is 5.66. The van der Waals surface area contributed by atoms with Crippen molar-refractivity contribution in [2.45, 2.75) is 50.5 Å². The zero-order chi connectivity index (χ0) is 39.4. The number of anilines is 3. The van der Waals surface area contributed by atoms with Crippen molar-refractivity contribution in [3.05, 3.63) is 87.8 Å². The summed E-state index contributed by atoms with van der Waals surface area (Å²) in [6, 6.07) is 16.8. The lowest BCUT2D eigenvalue weighted by Gasteiger charge is -2.40. The largest absolute Gasteiger partial charge is 0.372 e. The predicted molar refractivity (Wildman–Crippen MR) is 215 cm³/mol. The first-order valence-electron chi connectivity index (χ1n) is 20.0. The number of benzene rings is 3. The second-order valence-electron chi connectivity index (χ2n) is 16.0. The van der Waals surface area contributed by atoms with E-state index in [0.29, 0.717) is 35.5 Å². The zero-order valence-corrected chi connectivity index (χ0v) is 32.4. The number of nitrogens with zero attached hydrogens (tertiary/aromatic N) is 6. The van der Waals surface area contributed by atoms with Gasteiger partial charge in [-0.05, 0) is 80.0 Å². The number of carbonyl (C=O) groups is 4. The molecule has 1 unspecified atom stereocenters. The number of aromatic nitrogens is 1. The number of halogens is 2. The number of aromatic amines is 1. The number of piperazine rings is 1. The molecular formula is C43H44ClFN8O4. The summed E-state index contributed by atoms with van der Waals surface area (Å²) in [5.41, 5.74) is 5.52. The highest BCUT2D eigenvalue weighted by Gasteiger charge is 2.45. The van der Waals surface area contributed by atoms with Crippen molar-refractivity contribution in [2.75, 3.05) is 73.6 Å². The van der Waals surface area contributed by atoms with Crippen molar-refractivity contribution in [2.24, 2.45) is 5.92 Å². The van der Waals surface area contributed by atoms with E-state index in [1.165, 1.54) is 17.3 Å². The van der Waals surface area contributed by atoms with Crippen molar-refractivity contribution in [1.82, 2.24) is 20.1 Å². The number of hydrogen-bond acceptors (Lipinski definition) is 9. The molecule has 2 atom stereocenters. The maximum Gasteiger partial charge on any atom is 0.262 e. The Morgan fingerprint density at radius 1 is 0.807 bits per heavy atom. The third-order valence-corrected chi connectivity index (χ3v) is 13.0. The second kappa shape index (κ2) is 15.1. The van der Waals surface area contributed by atoms with Crippen LogP contribution in [0.5, 0.6) is 0 Å². The molecule has 5 aliphatic heterocycles. The summed E-state index contributed by atoms with van der Waals surface area (Å²) in [7, 11) is 0. The van der Waals surface area contributed by atoms with Gasteiger partial charge in [0.2, 0.25) is 11.8 Å². The number of H-pyrrole nitrogens is 1. The van der Waals surface area contributed by atoms with E-state index in [9.17, 15) is 24.4 Å². The first kappa shape index (κ1) is 37.1. The molecule has 5 aliphatic rings. The molecule has 12 nitrogen and oxygen atoms in total. The number of imide groups is 2. The average Bonchev–Trinajstić information content (AvgIpc) is 3.77. The zero-order valence-electron chi connectivity index (χ0n) is 31.6. The van der Waals surface area contributed by atoms with E-state index < -0.39 is 35.5 Å². The number of nitrogens with one attached hydrogen (secondary N) is 2. The number of rotatable bonds is 7. The van der Waals surface area contributed by atoms with Crippen molar-refractivity contribution in [3.63, 3.8) is 0 Å². The second-order valence-corrected chi connectivity index (χ2v) is 16.4. The minimum atomic E-state index is -1.09. The Kier molecular flexibility index (Phi) is 9.86. The summed E-state index contributed by atoms with van der Waals surface area (Å²) in [6.07, 6.45) is 6.24. The Bertz CT molecular complexity index is 2310. The van der Waals surface area contributed by atoms with Gasteiger partial charge in [-0.3, -0.25) is 34.3 Å². The van der Waals surface area contributed by atoms with Gasteiger partial charge in [-0.2, -0.15) is 5.26 Å². The minimum absolute atomic E-state index is 0.0278. The molecule has 294 valence electrons. The normalized spacial score (nSPS) is 22.3. The molecule has 0 aliphatic carbocycles. The van der Waals surface area contributed by atoms with Gasteiger partial charge in [-0.1, -0.05) is 23.7 Å². The van der Waals surface area contributed by atoms with Crippen molar-refractivity contribution < 1.29 is 23.6 Å². The van der Waals surface area contributed by atoms with E-state index in [-0.39, 0.29) is 29.7 Å². The summed E-state index contributed by atoms with van der Waals surface area (Å²) >= 11 is 6.48. The number of fused-ring (bicyclic) bond motifs is 2. The lowest BCUT2D eigenvalue weighted by Crippen LogP contribution is -2.54. The number of carbonyl (C=O) groups excluding carboxylic acids is 4. The van der Waals surface area contributed by atoms with Gasteiger partial charge in [0.05, 0.1) is 38.6 Å². The number of amides is 4. The monoisotopic (exact) mass is 790 g/mol. The quantitative estimate of drug-likeness (QED) is 0.228. The number of nitriles is 1. The van der Waals surface area contributed by atoms with Crippen LogP contribution < -0.4 is 20.0 Å². The highest BCUT2D eigenvalue weighted by Crippen LogP contribution is 2.38. The van der Waals surface area contributed by atoms with Crippen LogP contribution in [0.15, 0.2) is 54.7 Å². The summed E-state index contributed by atoms with van der Waals surface area (Å²) < 4.78 is 15.5. The average molecular weight is 791 g/mol. The molecule has 3 aromatic carbocycles. The van der Waals surface area contributed by atoms with Crippen LogP contribution in [0, 0.1) is 23.1 Å². The van der Waals surface area contributed by atoms with E-state index in [1.54, 1.807) is 6.20 Å². The Balaban J connectivity index is 0.763. The van der Waals surface area contributed by atoms with E-state index in [1.807, 2.05) is 11.0 Å². The van der Waals surface area contributed by atoms with Gasteiger partial charge in [0, 0.05) is 88.5 Å². The standard InChI is InChI=1S/C43H44ClFN8O4/c44-33-7-8-35(40-39(33)29(22-46)23-47-40)52-13-1-2-28(25-52)27-3-5-30(6-4-27)50-14-11-26(12-15-50)24-49-16-18-51(19-17-49)37-21-32-31(20-34(37)45)42(56)53(43(32)57)36-9-10-38(54)48-41(36)55/h3-8,20-21,23,26,28,36,47H,1-2,9-19,24-25H2,(H,48,54,55)/t28-,36?/m1/s1. The Labute approximate surface area is 335 Å². The molecule has 14 heteroatoms. The van der Waals surface area contributed by atoms with Crippen LogP contribution >= 0.6 is 11.6 Å². The van der Waals surface area contributed by atoms with E-state index in [0.717, 1.165) is 99.1 Å². The van der Waals surface area contributed by atoms with E-state index in [2.05, 4.69) is 61.4 Å². The first-order chi connectivity index (χ1) is 27.7. The molecule has 0 saturated carbocycles. The van der Waals surface area contributed by atoms with E-state index >= 15 is 4.39 Å². The van der Waals surface area contributed by atoms with Gasteiger partial charge in [-0.15, -0.1) is 0 Å². The lowest BCUT2D eigenvalue weighted by molar-refractivity contribution is -0.136. The van der Waals surface area contributed by atoms with Gasteiger partial charge in [0.1, 0.15) is 17.9 Å². The Hall–Kier alpha value is -5.45. The Morgan fingerprint density at radius 2 is 1.54 bits per heavy atom. The summed E-state index contributed by atoms with van der Waals surface area (Å²) in [6.45, 7) is 7.57. The third-order valence-electron chi connectivity index (χ3n) is 12.7. The molecule has 9 rings (SSSR count). The van der Waals surface area contributed by atoms with Gasteiger partial charge in [0.25, 0.3) is 11.8 Å². The molecule has 4 aromatic rings. The third kappa shape index (κ3) is 6.89. The molecule has 0 spiro atoms. The van der Waals surface area contributed by atoms with Crippen LogP contribution in [-0.2, 0) is 9.59 Å². The van der Waals surface area contributed by atoms with E-state index in [4.69, 9.17) is 11.6 Å². The highest BCUT2D eigenvalue weighted by atomic mass is 35.5. The molecule has 4 amide bonds. The summed E-state index contributed by atoms with van der Waals surface area (Å²) in [5, 5.41) is 13.1. The summed E-state index contributed by atoms with van der Waals surface area (Å²) in [4.78, 5) is 63.9. The lowest BCUT2D eigenvalue weighted by atomic mass is 9.89. The molecule has 4 fully saturated rings. The van der Waals surface area contributed by atoms with Crippen LogP contribution in [0.2, 0.25) is 5.02 Å². The van der Waals surface area contributed by atoms with Crippen LogP contribution in [0.1, 0.15) is 76.3 Å². The Morgan fingerprint density at radius 3 is 2.26 bits per heavy atom. The summed E-state index contributed by atoms with van der Waals surface area (Å²) in [5.74, 6) is -2.05. The van der Waals surface area contributed by atoms with Crippen LogP contribution in [0.4, 0.5) is 21.5 Å². The molecular weight excluding hydrogens is 747 g/mol. The topological polar surface area (TPSA) is 136 Å². The number of hydrogen-bond donors (Lipinski definition) is 2. The van der Waals surface area contributed by atoms with Gasteiger partial charge >= 0.3 is 0 Å². The van der Waals surface area contributed by atoms with Crippen LogP contribution in [0.25, 0.3) is 10.9 Å². The fraction of sp³-hybridized carbons (Fsp3) is 0.419. The maximum atomic E-state index is 15.5. The molecule has 2 N–H and O–H groups in total. The van der Waals surface area contributed by atoms with Crippen LogP contribution in [-0.4, -0.2) is 103 Å². The molecule has 57 heavy (non-hydrogen) atoms. The van der Waals surface area contributed by atoms with Crippen molar-refractivity contribution in [3.8, 4) is 6.07 Å². The SMILES string of the molecule is N#Cc1c[nH]c2c(N3CCC[C@@H](c4ccc(N5CCC(CN6CCN(c7cc8c(cc7F)C(=O)N(C7CCC(=O)NC7=O)C8=O)CC6)CC5)cc4)C3)ccc(Cl)c12. The molecule has 0 radical (unpaired) electrons. The van der Waals surface area contributed by atoms with Gasteiger partial charge in [-0.25, -0.2) is 4.39 Å². The maximum absolute atomic E-state index is 15.5. The molecule has 1 aromatic heterocycles. The fourth-order valence-corrected chi connectivity index (χ4v) is 9.86.